The molecule has 0 unspecified atom stereocenters. The normalized spacial score (nSPS) is 11.0. The van der Waals surface area contributed by atoms with Crippen molar-refractivity contribution in [1.29, 1.82) is 5.26 Å². The zero-order valence-electron chi connectivity index (χ0n) is 12.4. The summed E-state index contributed by atoms with van der Waals surface area (Å²) in [5, 5.41) is 12.0. The summed E-state index contributed by atoms with van der Waals surface area (Å²) in [6.07, 6.45) is 5.22. The number of allylic oxidation sites excluding steroid dienone is 1. The number of hydrogen-bond donors (Lipinski definition) is 0. The molecular formula is C18H13N3OS. The van der Waals surface area contributed by atoms with Crippen LogP contribution >= 0.6 is 11.3 Å². The van der Waals surface area contributed by atoms with Crippen LogP contribution in [0.5, 0.6) is 5.75 Å². The fourth-order valence-electron chi connectivity index (χ4n) is 2.06. The lowest BCUT2D eigenvalue weighted by molar-refractivity contribution is 0.415. The van der Waals surface area contributed by atoms with Crippen LogP contribution in [0.1, 0.15) is 10.6 Å². The summed E-state index contributed by atoms with van der Waals surface area (Å²) in [6, 6.07) is 13.6. The molecule has 0 N–H and O–H groups in total. The Morgan fingerprint density at radius 1 is 1.26 bits per heavy atom. The van der Waals surface area contributed by atoms with Gasteiger partial charge in [-0.15, -0.1) is 11.3 Å². The molecule has 0 saturated carbocycles. The molecule has 5 heteroatoms. The average molecular weight is 319 g/mol. The Hall–Kier alpha value is -2.97. The first-order valence-electron chi connectivity index (χ1n) is 6.92. The number of nitriles is 1. The highest BCUT2D eigenvalue weighted by molar-refractivity contribution is 7.11. The summed E-state index contributed by atoms with van der Waals surface area (Å²) in [6.45, 7) is 0. The van der Waals surface area contributed by atoms with E-state index in [1.54, 1.807) is 25.6 Å². The molecule has 2 aromatic heterocycles. The van der Waals surface area contributed by atoms with Crippen LogP contribution in [0.15, 0.2) is 54.2 Å². The SMILES string of the molecule is COc1ccc(-c2csc(/C(C#N)=C\c3cccnc3)n2)cc1. The summed E-state index contributed by atoms with van der Waals surface area (Å²) >= 11 is 1.45. The van der Waals surface area contributed by atoms with Crippen LogP contribution in [0.2, 0.25) is 0 Å². The lowest BCUT2D eigenvalue weighted by Crippen LogP contribution is -1.85. The van der Waals surface area contributed by atoms with Gasteiger partial charge in [-0.1, -0.05) is 6.07 Å². The smallest absolute Gasteiger partial charge is 0.134 e. The molecule has 0 aliphatic carbocycles. The van der Waals surface area contributed by atoms with Crippen molar-refractivity contribution in [3.8, 4) is 23.1 Å². The number of benzene rings is 1. The molecule has 0 atom stereocenters. The number of hydrogen-bond acceptors (Lipinski definition) is 5. The van der Waals surface area contributed by atoms with E-state index in [1.807, 2.05) is 41.8 Å². The van der Waals surface area contributed by atoms with Crippen molar-refractivity contribution in [1.82, 2.24) is 9.97 Å². The Morgan fingerprint density at radius 2 is 2.09 bits per heavy atom. The fraction of sp³-hybridized carbons (Fsp3) is 0.0556. The minimum Gasteiger partial charge on any atom is -0.497 e. The molecule has 0 spiro atoms. The Balaban J connectivity index is 1.91. The van der Waals surface area contributed by atoms with Gasteiger partial charge in [0.1, 0.15) is 16.8 Å². The number of rotatable bonds is 4. The van der Waals surface area contributed by atoms with Crippen molar-refractivity contribution >= 4 is 23.0 Å². The third kappa shape index (κ3) is 3.44. The molecule has 0 fully saturated rings. The van der Waals surface area contributed by atoms with E-state index in [0.717, 1.165) is 22.6 Å². The fourth-order valence-corrected chi connectivity index (χ4v) is 2.86. The highest BCUT2D eigenvalue weighted by Crippen LogP contribution is 2.28. The van der Waals surface area contributed by atoms with Crippen LogP contribution in [0.25, 0.3) is 22.9 Å². The van der Waals surface area contributed by atoms with E-state index in [1.165, 1.54) is 11.3 Å². The second-order valence-corrected chi connectivity index (χ2v) is 5.58. The highest BCUT2D eigenvalue weighted by Gasteiger charge is 2.09. The lowest BCUT2D eigenvalue weighted by Gasteiger charge is -2.00. The summed E-state index contributed by atoms with van der Waals surface area (Å²) in [7, 11) is 1.64. The molecule has 1 aromatic carbocycles. The molecule has 23 heavy (non-hydrogen) atoms. The summed E-state index contributed by atoms with van der Waals surface area (Å²) in [5.74, 6) is 0.804. The zero-order valence-corrected chi connectivity index (χ0v) is 13.2. The third-order valence-electron chi connectivity index (χ3n) is 3.24. The number of aromatic nitrogens is 2. The first-order chi connectivity index (χ1) is 11.3. The molecule has 0 aliphatic rings. The average Bonchev–Trinajstić information content (AvgIpc) is 3.10. The number of methoxy groups -OCH3 is 1. The van der Waals surface area contributed by atoms with E-state index < -0.39 is 0 Å². The second kappa shape index (κ2) is 6.86. The van der Waals surface area contributed by atoms with Crippen molar-refractivity contribution in [2.45, 2.75) is 0 Å². The maximum atomic E-state index is 9.40. The van der Waals surface area contributed by atoms with Crippen LogP contribution in [0, 0.1) is 11.3 Å². The summed E-state index contributed by atoms with van der Waals surface area (Å²) in [4.78, 5) is 8.62. The molecular weight excluding hydrogens is 306 g/mol. The first-order valence-corrected chi connectivity index (χ1v) is 7.80. The van der Waals surface area contributed by atoms with Gasteiger partial charge >= 0.3 is 0 Å². The predicted octanol–water partition coefficient (Wildman–Crippen LogP) is 4.28. The Morgan fingerprint density at radius 3 is 2.74 bits per heavy atom. The van der Waals surface area contributed by atoms with E-state index in [2.05, 4.69) is 16.0 Å². The maximum Gasteiger partial charge on any atom is 0.134 e. The number of nitrogens with zero attached hydrogens (tertiary/aromatic N) is 3. The van der Waals surface area contributed by atoms with Crippen molar-refractivity contribution in [3.63, 3.8) is 0 Å². The van der Waals surface area contributed by atoms with Gasteiger partial charge in [0.2, 0.25) is 0 Å². The Bertz CT molecular complexity index is 861. The molecule has 0 saturated heterocycles. The summed E-state index contributed by atoms with van der Waals surface area (Å²) in [5.41, 5.74) is 3.25. The molecule has 2 heterocycles. The van der Waals surface area contributed by atoms with Crippen molar-refractivity contribution in [2.24, 2.45) is 0 Å². The largest absolute Gasteiger partial charge is 0.497 e. The minimum absolute atomic E-state index is 0.530. The number of thiazole rings is 1. The van der Waals surface area contributed by atoms with Crippen molar-refractivity contribution < 1.29 is 4.74 Å². The predicted molar refractivity (Wildman–Crippen MR) is 91.8 cm³/mol. The maximum absolute atomic E-state index is 9.40. The molecule has 0 radical (unpaired) electrons. The third-order valence-corrected chi connectivity index (χ3v) is 4.11. The molecule has 3 rings (SSSR count). The van der Waals surface area contributed by atoms with Gasteiger partial charge in [0, 0.05) is 23.3 Å². The standard InChI is InChI=1S/C18H13N3OS/c1-22-16-6-4-14(5-7-16)17-12-23-18(21-17)15(10-19)9-13-3-2-8-20-11-13/h2-9,11-12H,1H3/b15-9-. The Kier molecular flexibility index (Phi) is 4.46. The van der Waals surface area contributed by atoms with E-state index >= 15 is 0 Å². The van der Waals surface area contributed by atoms with Gasteiger partial charge in [-0.3, -0.25) is 4.98 Å². The van der Waals surface area contributed by atoms with E-state index in [-0.39, 0.29) is 0 Å². The molecule has 3 aromatic rings. The topological polar surface area (TPSA) is 58.8 Å². The lowest BCUT2D eigenvalue weighted by atomic mass is 10.1. The molecule has 0 aliphatic heterocycles. The van der Waals surface area contributed by atoms with Gasteiger partial charge in [-0.2, -0.15) is 5.26 Å². The van der Waals surface area contributed by atoms with Gasteiger partial charge in [-0.25, -0.2) is 4.98 Å². The van der Waals surface area contributed by atoms with E-state index in [0.29, 0.717) is 10.6 Å². The second-order valence-electron chi connectivity index (χ2n) is 4.72. The molecule has 112 valence electrons. The molecule has 0 bridgehead atoms. The van der Waals surface area contributed by atoms with Crippen LogP contribution in [0.3, 0.4) is 0 Å². The van der Waals surface area contributed by atoms with Gasteiger partial charge < -0.3 is 4.74 Å². The van der Waals surface area contributed by atoms with Crippen molar-refractivity contribution in [3.05, 3.63) is 64.7 Å². The highest BCUT2D eigenvalue weighted by atomic mass is 32.1. The number of pyridine rings is 1. The minimum atomic E-state index is 0.530. The summed E-state index contributed by atoms with van der Waals surface area (Å²) < 4.78 is 5.16. The van der Waals surface area contributed by atoms with Crippen LogP contribution in [-0.4, -0.2) is 17.1 Å². The van der Waals surface area contributed by atoms with Gasteiger partial charge in [0.25, 0.3) is 0 Å². The zero-order chi connectivity index (χ0) is 16.1. The van der Waals surface area contributed by atoms with Crippen molar-refractivity contribution in [2.75, 3.05) is 7.11 Å². The number of ether oxygens (including phenoxy) is 1. The van der Waals surface area contributed by atoms with Crippen LogP contribution < -0.4 is 4.74 Å². The quantitative estimate of drug-likeness (QED) is 0.674. The van der Waals surface area contributed by atoms with E-state index in [4.69, 9.17) is 4.74 Å². The van der Waals surface area contributed by atoms with Gasteiger partial charge in [-0.05, 0) is 42.0 Å². The molecule has 0 amide bonds. The van der Waals surface area contributed by atoms with E-state index in [9.17, 15) is 5.26 Å². The van der Waals surface area contributed by atoms with Crippen LogP contribution in [0.4, 0.5) is 0 Å². The Labute approximate surface area is 138 Å². The first kappa shape index (κ1) is 14.9. The monoisotopic (exact) mass is 319 g/mol. The van der Waals surface area contributed by atoms with Gasteiger partial charge in [0.05, 0.1) is 18.4 Å². The van der Waals surface area contributed by atoms with Gasteiger partial charge in [0.15, 0.2) is 0 Å². The molecule has 4 nitrogen and oxygen atoms in total. The van der Waals surface area contributed by atoms with Crippen LogP contribution in [-0.2, 0) is 0 Å².